The molecule has 6 nitrogen and oxygen atoms in total. The first-order chi connectivity index (χ1) is 10.9. The molecule has 2 rings (SSSR count). The molecule has 0 fully saturated rings. The largest absolute Gasteiger partial charge is 0.331 e. The Bertz CT molecular complexity index is 749. The van der Waals surface area contributed by atoms with Gasteiger partial charge in [0, 0.05) is 10.5 Å². The van der Waals surface area contributed by atoms with Crippen molar-refractivity contribution in [2.45, 2.75) is 19.9 Å². The topological polar surface area (TPSA) is 84.3 Å². The molecule has 7 heteroatoms. The minimum atomic E-state index is -0.470. The summed E-state index contributed by atoms with van der Waals surface area (Å²) in [6, 6.07) is 11.6. The molecular formula is C16H16BrN3O3. The van der Waals surface area contributed by atoms with E-state index >= 15 is 0 Å². The zero-order valence-corrected chi connectivity index (χ0v) is 14.3. The Hall–Kier alpha value is -2.41. The van der Waals surface area contributed by atoms with Crippen LogP contribution in [0.5, 0.6) is 0 Å². The molecule has 0 radical (unpaired) electrons. The summed E-state index contributed by atoms with van der Waals surface area (Å²) in [6.07, 6.45) is 0. The first-order valence-electron chi connectivity index (χ1n) is 6.95. The van der Waals surface area contributed by atoms with Gasteiger partial charge in [0.05, 0.1) is 22.2 Å². The van der Waals surface area contributed by atoms with Crippen LogP contribution in [0.15, 0.2) is 46.9 Å². The lowest BCUT2D eigenvalue weighted by molar-refractivity contribution is -0.385. The van der Waals surface area contributed by atoms with Gasteiger partial charge in [-0.2, -0.15) is 0 Å². The summed E-state index contributed by atoms with van der Waals surface area (Å²) in [5.74, 6) is 0. The summed E-state index contributed by atoms with van der Waals surface area (Å²) in [7, 11) is 0. The van der Waals surface area contributed by atoms with Gasteiger partial charge in [-0.3, -0.25) is 10.1 Å². The fraction of sp³-hybridized carbons (Fsp3) is 0.188. The van der Waals surface area contributed by atoms with Crippen LogP contribution in [-0.4, -0.2) is 11.0 Å². The molecular weight excluding hydrogens is 362 g/mol. The Balaban J connectivity index is 2.08. The highest BCUT2D eigenvalue weighted by molar-refractivity contribution is 9.10. The first-order valence-corrected chi connectivity index (χ1v) is 7.74. The van der Waals surface area contributed by atoms with Gasteiger partial charge in [0.2, 0.25) is 0 Å². The number of amides is 2. The first kappa shape index (κ1) is 17.0. The molecule has 23 heavy (non-hydrogen) atoms. The van der Waals surface area contributed by atoms with E-state index in [4.69, 9.17) is 0 Å². The number of rotatable bonds is 4. The number of nitrogens with one attached hydrogen (secondary N) is 2. The highest BCUT2D eigenvalue weighted by Gasteiger charge is 2.16. The molecule has 0 bridgehead atoms. The maximum absolute atomic E-state index is 12.1. The van der Waals surface area contributed by atoms with Crippen molar-refractivity contribution >= 4 is 33.3 Å². The molecule has 2 N–H and O–H groups in total. The lowest BCUT2D eigenvalue weighted by Gasteiger charge is -2.16. The monoisotopic (exact) mass is 377 g/mol. The van der Waals surface area contributed by atoms with Crippen LogP contribution in [0.3, 0.4) is 0 Å². The summed E-state index contributed by atoms with van der Waals surface area (Å²) in [5, 5.41) is 16.4. The van der Waals surface area contributed by atoms with Gasteiger partial charge in [0.25, 0.3) is 5.69 Å². The number of hydrogen-bond donors (Lipinski definition) is 2. The average molecular weight is 378 g/mol. The van der Waals surface area contributed by atoms with Crippen LogP contribution in [0.25, 0.3) is 0 Å². The minimum Gasteiger partial charge on any atom is -0.331 e. The molecule has 0 saturated carbocycles. The fourth-order valence-electron chi connectivity index (χ4n) is 2.17. The van der Waals surface area contributed by atoms with Crippen LogP contribution in [0.4, 0.5) is 16.2 Å². The van der Waals surface area contributed by atoms with Crippen LogP contribution in [-0.2, 0) is 0 Å². The number of nitrogens with zero attached hydrogens (tertiary/aromatic N) is 1. The Kier molecular flexibility index (Phi) is 5.33. The van der Waals surface area contributed by atoms with E-state index in [1.54, 1.807) is 19.1 Å². The molecule has 0 saturated heterocycles. The lowest BCUT2D eigenvalue weighted by Crippen LogP contribution is -2.31. The molecule has 0 unspecified atom stereocenters. The van der Waals surface area contributed by atoms with Crippen molar-refractivity contribution in [2.24, 2.45) is 0 Å². The van der Waals surface area contributed by atoms with Gasteiger partial charge in [0.1, 0.15) is 0 Å². The van der Waals surface area contributed by atoms with Gasteiger partial charge in [-0.25, -0.2) is 4.79 Å². The summed E-state index contributed by atoms with van der Waals surface area (Å²) >= 11 is 3.39. The zero-order valence-electron chi connectivity index (χ0n) is 12.7. The highest BCUT2D eigenvalue weighted by Crippen LogP contribution is 2.25. The second-order valence-electron chi connectivity index (χ2n) is 5.08. The second-order valence-corrected chi connectivity index (χ2v) is 6.00. The predicted octanol–water partition coefficient (Wildman–Crippen LogP) is 4.55. The molecule has 0 aromatic heterocycles. The van der Waals surface area contributed by atoms with Gasteiger partial charge in [-0.05, 0) is 37.6 Å². The van der Waals surface area contributed by atoms with Crippen LogP contribution < -0.4 is 10.6 Å². The third kappa shape index (κ3) is 4.29. The maximum Gasteiger partial charge on any atom is 0.319 e. The molecule has 2 amide bonds. The molecule has 0 aliphatic carbocycles. The molecule has 0 aliphatic rings. The number of carbonyl (C=O) groups excluding carboxylic acids is 1. The number of nitro groups is 1. The summed E-state index contributed by atoms with van der Waals surface area (Å²) in [4.78, 5) is 22.6. The van der Waals surface area contributed by atoms with Crippen molar-refractivity contribution in [3.05, 3.63) is 68.2 Å². The molecule has 1 atom stereocenters. The third-order valence-electron chi connectivity index (χ3n) is 3.45. The van der Waals surface area contributed by atoms with Crippen molar-refractivity contribution in [1.29, 1.82) is 0 Å². The molecule has 2 aromatic carbocycles. The molecule has 2 aromatic rings. The van der Waals surface area contributed by atoms with E-state index in [0.717, 1.165) is 10.0 Å². The van der Waals surface area contributed by atoms with E-state index in [0.29, 0.717) is 11.3 Å². The lowest BCUT2D eigenvalue weighted by atomic mass is 10.1. The number of urea groups is 1. The zero-order chi connectivity index (χ0) is 17.0. The fourth-order valence-corrected chi connectivity index (χ4v) is 2.59. The van der Waals surface area contributed by atoms with E-state index < -0.39 is 11.0 Å². The van der Waals surface area contributed by atoms with Crippen LogP contribution in [0.2, 0.25) is 0 Å². The number of halogens is 1. The Morgan fingerprint density at radius 3 is 2.61 bits per heavy atom. The van der Waals surface area contributed by atoms with Gasteiger partial charge >= 0.3 is 6.03 Å². The SMILES string of the molecule is Cc1c(NC(=O)N[C@H](C)c2cccc(Br)c2)cccc1[N+](=O)[O-]. The number of carbonyl (C=O) groups is 1. The Morgan fingerprint density at radius 2 is 1.96 bits per heavy atom. The molecule has 120 valence electrons. The summed E-state index contributed by atoms with van der Waals surface area (Å²) in [6.45, 7) is 3.47. The van der Waals surface area contributed by atoms with Crippen molar-refractivity contribution < 1.29 is 9.72 Å². The van der Waals surface area contributed by atoms with Crippen LogP contribution in [0.1, 0.15) is 24.1 Å². The van der Waals surface area contributed by atoms with Gasteiger partial charge in [0.15, 0.2) is 0 Å². The quantitative estimate of drug-likeness (QED) is 0.605. The van der Waals surface area contributed by atoms with E-state index in [2.05, 4.69) is 26.6 Å². The summed E-state index contributed by atoms with van der Waals surface area (Å²) < 4.78 is 0.929. The molecule has 0 spiro atoms. The van der Waals surface area contributed by atoms with Crippen LogP contribution in [0, 0.1) is 17.0 Å². The maximum atomic E-state index is 12.1. The smallest absolute Gasteiger partial charge is 0.319 e. The third-order valence-corrected chi connectivity index (χ3v) is 3.94. The number of anilines is 1. The highest BCUT2D eigenvalue weighted by atomic mass is 79.9. The Morgan fingerprint density at radius 1 is 1.26 bits per heavy atom. The van der Waals surface area contributed by atoms with Gasteiger partial charge in [-0.15, -0.1) is 0 Å². The van der Waals surface area contributed by atoms with Gasteiger partial charge < -0.3 is 10.6 Å². The summed E-state index contributed by atoms with van der Waals surface area (Å²) in [5.41, 5.74) is 1.76. The predicted molar refractivity (Wildman–Crippen MR) is 92.5 cm³/mol. The minimum absolute atomic E-state index is 0.0251. The average Bonchev–Trinajstić information content (AvgIpc) is 2.49. The number of nitro benzene ring substituents is 1. The van der Waals surface area contributed by atoms with Crippen molar-refractivity contribution in [3.8, 4) is 0 Å². The number of hydrogen-bond acceptors (Lipinski definition) is 3. The van der Waals surface area contributed by atoms with E-state index in [1.165, 1.54) is 6.07 Å². The molecule has 0 aliphatic heterocycles. The van der Waals surface area contributed by atoms with E-state index in [9.17, 15) is 14.9 Å². The standard InChI is InChI=1S/C16H16BrN3O3/c1-10-14(7-4-8-15(10)20(22)23)19-16(21)18-11(2)12-5-3-6-13(17)9-12/h3-9,11H,1-2H3,(H2,18,19,21)/t11-/m1/s1. The Labute approximate surface area is 142 Å². The van der Waals surface area contributed by atoms with E-state index in [1.807, 2.05) is 31.2 Å². The van der Waals surface area contributed by atoms with Crippen molar-refractivity contribution in [1.82, 2.24) is 5.32 Å². The van der Waals surface area contributed by atoms with E-state index in [-0.39, 0.29) is 11.7 Å². The number of benzene rings is 2. The van der Waals surface area contributed by atoms with Gasteiger partial charge in [-0.1, -0.05) is 34.1 Å². The van der Waals surface area contributed by atoms with Crippen LogP contribution >= 0.6 is 15.9 Å². The van der Waals surface area contributed by atoms with Crippen molar-refractivity contribution in [2.75, 3.05) is 5.32 Å². The normalized spacial score (nSPS) is 11.6. The van der Waals surface area contributed by atoms with Crippen molar-refractivity contribution in [3.63, 3.8) is 0 Å². The molecule has 0 heterocycles. The second kappa shape index (κ2) is 7.23.